The molecule has 0 unspecified atom stereocenters. The van der Waals surface area contributed by atoms with E-state index < -0.39 is 0 Å². The summed E-state index contributed by atoms with van der Waals surface area (Å²) in [6.45, 7) is 1.17. The molecule has 0 saturated carbocycles. The quantitative estimate of drug-likeness (QED) is 0.539. The van der Waals surface area contributed by atoms with Gasteiger partial charge in [0.2, 0.25) is 5.95 Å². The number of anilines is 1. The first kappa shape index (κ1) is 22.9. The Bertz CT molecular complexity index is 1100. The van der Waals surface area contributed by atoms with Crippen molar-refractivity contribution in [1.29, 1.82) is 0 Å². The highest BCUT2D eigenvalue weighted by Gasteiger charge is 2.32. The summed E-state index contributed by atoms with van der Waals surface area (Å²) in [6, 6.07) is 13.7. The second kappa shape index (κ2) is 10.1. The minimum atomic E-state index is -0.294. The van der Waals surface area contributed by atoms with E-state index in [-0.39, 0.29) is 17.8 Å². The number of methoxy groups -OCH3 is 1. The van der Waals surface area contributed by atoms with Crippen LogP contribution in [0.25, 0.3) is 11.1 Å². The van der Waals surface area contributed by atoms with E-state index in [1.165, 1.54) is 12.1 Å². The zero-order chi connectivity index (χ0) is 23.4. The first-order valence-corrected chi connectivity index (χ1v) is 11.2. The molecule has 1 atom stereocenters. The number of piperidine rings is 1. The molecule has 3 aromatic rings. The lowest BCUT2D eigenvalue weighted by atomic mass is 9.93. The Hall–Kier alpha value is -3.32. The second-order valence-corrected chi connectivity index (χ2v) is 8.51. The summed E-state index contributed by atoms with van der Waals surface area (Å²) < 4.78 is 18.7. The highest BCUT2D eigenvalue weighted by Crippen LogP contribution is 2.37. The van der Waals surface area contributed by atoms with Crippen molar-refractivity contribution in [1.82, 2.24) is 14.9 Å². The first-order valence-electron chi connectivity index (χ1n) is 11.2. The lowest BCUT2D eigenvalue weighted by molar-refractivity contribution is 0.0606. The Morgan fingerprint density at radius 1 is 1.12 bits per heavy atom. The molecule has 0 bridgehead atoms. The molecule has 0 spiro atoms. The van der Waals surface area contributed by atoms with Crippen molar-refractivity contribution < 1.29 is 13.9 Å². The maximum Gasteiger partial charge on any atom is 0.254 e. The minimum Gasteiger partial charge on any atom is -0.380 e. The number of rotatable bonds is 6. The number of nitrogens with zero attached hydrogens (tertiary/aromatic N) is 4. The molecule has 33 heavy (non-hydrogen) atoms. The van der Waals surface area contributed by atoms with E-state index in [9.17, 15) is 9.18 Å². The van der Waals surface area contributed by atoms with Crippen LogP contribution in [0.2, 0.25) is 0 Å². The fraction of sp³-hybridized carbons (Fsp3) is 0.346. The van der Waals surface area contributed by atoms with Crippen LogP contribution < -0.4 is 4.90 Å². The van der Waals surface area contributed by atoms with Crippen molar-refractivity contribution in [3.8, 4) is 11.1 Å². The van der Waals surface area contributed by atoms with Crippen molar-refractivity contribution in [2.75, 3.05) is 32.6 Å². The number of ether oxygens (including phenoxy) is 1. The number of amides is 1. The summed E-state index contributed by atoms with van der Waals surface area (Å²) in [6.07, 6.45) is 4.54. The van der Waals surface area contributed by atoms with E-state index in [1.54, 1.807) is 25.4 Å². The molecule has 1 amide bonds. The van der Waals surface area contributed by atoms with Crippen molar-refractivity contribution in [3.63, 3.8) is 0 Å². The van der Waals surface area contributed by atoms with E-state index in [0.29, 0.717) is 24.7 Å². The molecule has 1 aromatic heterocycles. The molecule has 1 aliphatic heterocycles. The van der Waals surface area contributed by atoms with Gasteiger partial charge < -0.3 is 14.5 Å². The molecule has 1 saturated heterocycles. The van der Waals surface area contributed by atoms with Crippen molar-refractivity contribution in [2.45, 2.75) is 31.9 Å². The highest BCUT2D eigenvalue weighted by atomic mass is 19.1. The van der Waals surface area contributed by atoms with E-state index in [2.05, 4.69) is 4.98 Å². The van der Waals surface area contributed by atoms with Gasteiger partial charge in [0.1, 0.15) is 5.82 Å². The summed E-state index contributed by atoms with van der Waals surface area (Å²) >= 11 is 0. The van der Waals surface area contributed by atoms with Crippen LogP contribution in [-0.2, 0) is 11.3 Å². The fourth-order valence-corrected chi connectivity index (χ4v) is 4.24. The van der Waals surface area contributed by atoms with Gasteiger partial charge in [0.25, 0.3) is 5.91 Å². The molecule has 4 rings (SSSR count). The van der Waals surface area contributed by atoms with Crippen LogP contribution in [0.1, 0.15) is 46.9 Å². The number of likely N-dealkylation sites (tertiary alicyclic amines) is 1. The van der Waals surface area contributed by atoms with Gasteiger partial charge in [0.05, 0.1) is 18.3 Å². The number of hydrogen-bond acceptors (Lipinski definition) is 5. The zero-order valence-corrected chi connectivity index (χ0v) is 19.3. The van der Waals surface area contributed by atoms with Crippen LogP contribution in [0.3, 0.4) is 0 Å². The number of halogens is 1. The van der Waals surface area contributed by atoms with Gasteiger partial charge in [0.15, 0.2) is 0 Å². The molecule has 1 fully saturated rings. The normalized spacial score (nSPS) is 16.0. The zero-order valence-electron chi connectivity index (χ0n) is 19.3. The molecular weight excluding hydrogens is 419 g/mol. The van der Waals surface area contributed by atoms with E-state index in [1.807, 2.05) is 48.2 Å². The standard InChI is InChI=1S/C26H29FN4O2/c1-30(2)26-28-16-22(19-11-13-21(27)14-12-19)24(29-26)23-6-4-5-15-31(23)25(32)20-9-7-18(8-10-20)17-33-3/h7-14,16,23H,4-6,15,17H2,1-3H3/t23-/m0/s1. The van der Waals surface area contributed by atoms with Gasteiger partial charge >= 0.3 is 0 Å². The van der Waals surface area contributed by atoms with Gasteiger partial charge in [-0.2, -0.15) is 0 Å². The van der Waals surface area contributed by atoms with Crippen molar-refractivity contribution in [3.05, 3.63) is 77.4 Å². The topological polar surface area (TPSA) is 58.6 Å². The smallest absolute Gasteiger partial charge is 0.254 e. The molecule has 0 aliphatic carbocycles. The van der Waals surface area contributed by atoms with Gasteiger partial charge in [-0.3, -0.25) is 4.79 Å². The van der Waals surface area contributed by atoms with Gasteiger partial charge in [-0.25, -0.2) is 14.4 Å². The molecule has 6 nitrogen and oxygen atoms in total. The molecule has 2 aromatic carbocycles. The monoisotopic (exact) mass is 448 g/mol. The lowest BCUT2D eigenvalue weighted by Crippen LogP contribution is -2.39. The Labute approximate surface area is 194 Å². The third-order valence-corrected chi connectivity index (χ3v) is 5.95. The molecule has 0 radical (unpaired) electrons. The molecule has 0 N–H and O–H groups in total. The van der Waals surface area contributed by atoms with E-state index in [0.717, 1.165) is 41.6 Å². The molecule has 7 heteroatoms. The number of carbonyl (C=O) groups excluding carboxylic acids is 1. The van der Waals surface area contributed by atoms with Crippen LogP contribution in [0.4, 0.5) is 10.3 Å². The van der Waals surface area contributed by atoms with Crippen molar-refractivity contribution >= 4 is 11.9 Å². The lowest BCUT2D eigenvalue weighted by Gasteiger charge is -2.36. The first-order chi connectivity index (χ1) is 16.0. The molecule has 1 aliphatic rings. The molecule has 172 valence electrons. The predicted molar refractivity (Wildman–Crippen MR) is 127 cm³/mol. The Morgan fingerprint density at radius 3 is 2.52 bits per heavy atom. The van der Waals surface area contributed by atoms with E-state index in [4.69, 9.17) is 9.72 Å². The number of benzene rings is 2. The summed E-state index contributed by atoms with van der Waals surface area (Å²) in [5, 5.41) is 0. The molecular formula is C26H29FN4O2. The van der Waals surface area contributed by atoms with Crippen LogP contribution in [0, 0.1) is 5.82 Å². The average Bonchev–Trinajstić information content (AvgIpc) is 2.84. The van der Waals surface area contributed by atoms with Gasteiger partial charge in [0, 0.05) is 45.1 Å². The van der Waals surface area contributed by atoms with Crippen molar-refractivity contribution in [2.24, 2.45) is 0 Å². The Morgan fingerprint density at radius 2 is 1.85 bits per heavy atom. The predicted octanol–water partition coefficient (Wildman–Crippen LogP) is 4.86. The van der Waals surface area contributed by atoms with Gasteiger partial charge in [-0.15, -0.1) is 0 Å². The number of aromatic nitrogens is 2. The maximum atomic E-state index is 13.6. The minimum absolute atomic E-state index is 0.0151. The number of hydrogen-bond donors (Lipinski definition) is 0. The fourth-order valence-electron chi connectivity index (χ4n) is 4.24. The highest BCUT2D eigenvalue weighted by molar-refractivity contribution is 5.94. The average molecular weight is 449 g/mol. The second-order valence-electron chi connectivity index (χ2n) is 8.51. The van der Waals surface area contributed by atoms with Gasteiger partial charge in [-0.05, 0) is 54.7 Å². The van der Waals surface area contributed by atoms with Crippen LogP contribution in [0.5, 0.6) is 0 Å². The summed E-state index contributed by atoms with van der Waals surface area (Å²) in [5.74, 6) is 0.272. The third kappa shape index (κ3) is 5.03. The maximum absolute atomic E-state index is 13.6. The number of carbonyl (C=O) groups is 1. The Kier molecular flexibility index (Phi) is 6.99. The molecule has 2 heterocycles. The van der Waals surface area contributed by atoms with Crippen LogP contribution >= 0.6 is 0 Å². The third-order valence-electron chi connectivity index (χ3n) is 5.95. The summed E-state index contributed by atoms with van der Waals surface area (Å²) in [5.41, 5.74) is 4.12. The summed E-state index contributed by atoms with van der Waals surface area (Å²) in [4.78, 5) is 26.7. The van der Waals surface area contributed by atoms with E-state index >= 15 is 0 Å². The largest absolute Gasteiger partial charge is 0.380 e. The Balaban J connectivity index is 1.73. The summed E-state index contributed by atoms with van der Waals surface area (Å²) in [7, 11) is 5.43. The SMILES string of the molecule is COCc1ccc(C(=O)N2CCCC[C@H]2c2nc(N(C)C)ncc2-c2ccc(F)cc2)cc1. The van der Waals surface area contributed by atoms with Crippen LogP contribution in [0.15, 0.2) is 54.7 Å². The van der Waals surface area contributed by atoms with Gasteiger partial charge in [-0.1, -0.05) is 24.3 Å². The van der Waals surface area contributed by atoms with Crippen LogP contribution in [-0.4, -0.2) is 48.5 Å².